The van der Waals surface area contributed by atoms with Crippen LogP contribution in [0.2, 0.25) is 5.02 Å². The van der Waals surface area contributed by atoms with E-state index in [2.05, 4.69) is 15.6 Å². The quantitative estimate of drug-likeness (QED) is 0.869. The third kappa shape index (κ3) is 4.30. The van der Waals surface area contributed by atoms with Gasteiger partial charge in [-0.05, 0) is 32.9 Å². The molecule has 2 amide bonds. The van der Waals surface area contributed by atoms with Crippen molar-refractivity contribution < 1.29 is 9.59 Å². The fourth-order valence-corrected chi connectivity index (χ4v) is 3.08. The van der Waals surface area contributed by atoms with Crippen LogP contribution in [0, 0.1) is 6.92 Å². The summed E-state index contributed by atoms with van der Waals surface area (Å²) in [5.41, 5.74) is 1.54. The number of hydrogen-bond donors (Lipinski definition) is 2. The number of rotatable bonds is 5. The van der Waals surface area contributed by atoms with E-state index in [0.717, 1.165) is 10.6 Å². The summed E-state index contributed by atoms with van der Waals surface area (Å²) < 4.78 is 0. The topological polar surface area (TPSA) is 71.1 Å². The third-order valence-corrected chi connectivity index (χ3v) is 4.64. The van der Waals surface area contributed by atoms with Crippen molar-refractivity contribution in [2.75, 3.05) is 6.54 Å². The highest BCUT2D eigenvalue weighted by molar-refractivity contribution is 7.17. The molecule has 0 aliphatic rings. The van der Waals surface area contributed by atoms with E-state index in [1.165, 1.54) is 11.3 Å². The van der Waals surface area contributed by atoms with Crippen LogP contribution in [0.4, 0.5) is 0 Å². The first-order valence-electron chi connectivity index (χ1n) is 7.24. The highest BCUT2D eigenvalue weighted by Crippen LogP contribution is 2.28. The van der Waals surface area contributed by atoms with Crippen molar-refractivity contribution in [3.8, 4) is 10.6 Å². The molecule has 7 heteroatoms. The van der Waals surface area contributed by atoms with Gasteiger partial charge < -0.3 is 10.6 Å². The number of likely N-dealkylation sites (N-methyl/N-ethyl adjacent to an activating group) is 1. The van der Waals surface area contributed by atoms with Crippen LogP contribution in [0.25, 0.3) is 10.6 Å². The number of thiazole rings is 1. The van der Waals surface area contributed by atoms with E-state index in [-0.39, 0.29) is 11.8 Å². The Bertz CT molecular complexity index is 713. The summed E-state index contributed by atoms with van der Waals surface area (Å²) in [6.07, 6.45) is 0. The Hall–Kier alpha value is -1.92. The van der Waals surface area contributed by atoms with Crippen LogP contribution < -0.4 is 10.6 Å². The third-order valence-electron chi connectivity index (χ3n) is 3.19. The van der Waals surface area contributed by atoms with Gasteiger partial charge in [0.05, 0.1) is 5.69 Å². The van der Waals surface area contributed by atoms with E-state index in [9.17, 15) is 9.59 Å². The van der Waals surface area contributed by atoms with Gasteiger partial charge in [-0.2, -0.15) is 0 Å². The molecule has 0 bridgehead atoms. The normalized spacial score (nSPS) is 11.8. The average molecular weight is 352 g/mol. The summed E-state index contributed by atoms with van der Waals surface area (Å²) in [5, 5.41) is 6.76. The fraction of sp³-hybridized carbons (Fsp3) is 0.312. The number of carbonyl (C=O) groups excluding carboxylic acids is 2. The zero-order chi connectivity index (χ0) is 17.0. The molecule has 0 aliphatic carbocycles. The molecule has 1 atom stereocenters. The first-order chi connectivity index (χ1) is 10.9. The second-order valence-corrected chi connectivity index (χ2v) is 6.47. The molecule has 2 rings (SSSR count). The Morgan fingerprint density at radius 1 is 1.30 bits per heavy atom. The lowest BCUT2D eigenvalue weighted by Gasteiger charge is -2.12. The Morgan fingerprint density at radius 3 is 2.57 bits per heavy atom. The summed E-state index contributed by atoms with van der Waals surface area (Å²) in [6, 6.07) is 6.69. The van der Waals surface area contributed by atoms with Crippen LogP contribution in [0.5, 0.6) is 0 Å². The van der Waals surface area contributed by atoms with Crippen LogP contribution in [-0.2, 0) is 4.79 Å². The lowest BCUT2D eigenvalue weighted by atomic mass is 10.2. The monoisotopic (exact) mass is 351 g/mol. The number of carbonyl (C=O) groups is 2. The molecule has 1 aromatic heterocycles. The molecule has 0 spiro atoms. The molecule has 0 aliphatic heterocycles. The maximum Gasteiger partial charge on any atom is 0.263 e. The van der Waals surface area contributed by atoms with Gasteiger partial charge in [-0.15, -0.1) is 11.3 Å². The number of nitrogens with one attached hydrogen (secondary N) is 2. The summed E-state index contributed by atoms with van der Waals surface area (Å²) in [5.74, 6) is -0.500. The standard InChI is InChI=1S/C16H18ClN3O2S/c1-4-18-14(21)10(3)19-15(22)13-9(2)20-16(23-13)11-5-7-12(17)8-6-11/h5-8,10H,4H2,1-3H3,(H,18,21)(H,19,22). The number of hydrogen-bond acceptors (Lipinski definition) is 4. The summed E-state index contributed by atoms with van der Waals surface area (Å²) in [6.45, 7) is 5.79. The molecule has 2 N–H and O–H groups in total. The van der Waals surface area contributed by atoms with Crippen molar-refractivity contribution in [3.63, 3.8) is 0 Å². The molecule has 1 aromatic carbocycles. The predicted molar refractivity (Wildman–Crippen MR) is 92.9 cm³/mol. The van der Waals surface area contributed by atoms with Gasteiger partial charge in [-0.3, -0.25) is 9.59 Å². The van der Waals surface area contributed by atoms with Crippen molar-refractivity contribution in [2.45, 2.75) is 26.8 Å². The van der Waals surface area contributed by atoms with Crippen molar-refractivity contribution in [2.24, 2.45) is 0 Å². The lowest BCUT2D eigenvalue weighted by molar-refractivity contribution is -0.122. The highest BCUT2D eigenvalue weighted by Gasteiger charge is 2.20. The van der Waals surface area contributed by atoms with E-state index in [1.807, 2.05) is 19.1 Å². The largest absolute Gasteiger partial charge is 0.355 e. The molecular weight excluding hydrogens is 334 g/mol. The van der Waals surface area contributed by atoms with Gasteiger partial charge >= 0.3 is 0 Å². The maximum absolute atomic E-state index is 12.3. The minimum absolute atomic E-state index is 0.207. The first kappa shape index (κ1) is 17.4. The van der Waals surface area contributed by atoms with Gasteiger partial charge in [0.1, 0.15) is 15.9 Å². The van der Waals surface area contributed by atoms with Gasteiger partial charge in [0, 0.05) is 17.1 Å². The van der Waals surface area contributed by atoms with Crippen LogP contribution in [-0.4, -0.2) is 29.4 Å². The Labute approximate surface area is 144 Å². The molecule has 0 fully saturated rings. The van der Waals surface area contributed by atoms with Crippen LogP contribution in [0.3, 0.4) is 0 Å². The molecule has 0 saturated carbocycles. The SMILES string of the molecule is CCNC(=O)C(C)NC(=O)c1sc(-c2ccc(Cl)cc2)nc1C. The van der Waals surface area contributed by atoms with E-state index in [4.69, 9.17) is 11.6 Å². The number of aryl methyl sites for hydroxylation is 1. The number of aromatic nitrogens is 1. The predicted octanol–water partition coefficient (Wildman–Crippen LogP) is 3.03. The zero-order valence-corrected chi connectivity index (χ0v) is 14.7. The van der Waals surface area contributed by atoms with Gasteiger partial charge in [-0.1, -0.05) is 23.7 Å². The number of benzene rings is 1. The molecule has 1 unspecified atom stereocenters. The van der Waals surface area contributed by atoms with Gasteiger partial charge in [-0.25, -0.2) is 4.98 Å². The highest BCUT2D eigenvalue weighted by atomic mass is 35.5. The zero-order valence-electron chi connectivity index (χ0n) is 13.1. The molecule has 1 heterocycles. The summed E-state index contributed by atoms with van der Waals surface area (Å²) >= 11 is 7.18. The first-order valence-corrected chi connectivity index (χ1v) is 8.43. The molecule has 122 valence electrons. The minimum Gasteiger partial charge on any atom is -0.355 e. The smallest absolute Gasteiger partial charge is 0.263 e. The fourth-order valence-electron chi connectivity index (χ4n) is 1.98. The van der Waals surface area contributed by atoms with E-state index in [0.29, 0.717) is 22.1 Å². The van der Waals surface area contributed by atoms with Crippen LogP contribution in [0.1, 0.15) is 29.2 Å². The molecule has 23 heavy (non-hydrogen) atoms. The minimum atomic E-state index is -0.595. The lowest BCUT2D eigenvalue weighted by Crippen LogP contribution is -2.44. The van der Waals surface area contributed by atoms with E-state index >= 15 is 0 Å². The second-order valence-electron chi connectivity index (χ2n) is 5.03. The number of amides is 2. The van der Waals surface area contributed by atoms with Crippen LogP contribution >= 0.6 is 22.9 Å². The number of nitrogens with zero attached hydrogens (tertiary/aromatic N) is 1. The van der Waals surface area contributed by atoms with Crippen molar-refractivity contribution in [3.05, 3.63) is 39.9 Å². The second kappa shape index (κ2) is 7.57. The van der Waals surface area contributed by atoms with Crippen molar-refractivity contribution >= 4 is 34.8 Å². The average Bonchev–Trinajstić information content (AvgIpc) is 2.90. The molecule has 2 aromatic rings. The van der Waals surface area contributed by atoms with Gasteiger partial charge in [0.2, 0.25) is 5.91 Å². The van der Waals surface area contributed by atoms with Crippen molar-refractivity contribution in [1.29, 1.82) is 0 Å². The van der Waals surface area contributed by atoms with Gasteiger partial charge in [0.25, 0.3) is 5.91 Å². The Balaban J connectivity index is 2.16. The summed E-state index contributed by atoms with van der Waals surface area (Å²) in [4.78, 5) is 29.0. The number of halogens is 1. The van der Waals surface area contributed by atoms with Crippen molar-refractivity contribution in [1.82, 2.24) is 15.6 Å². The Kier molecular flexibility index (Phi) is 5.74. The molecule has 5 nitrogen and oxygen atoms in total. The maximum atomic E-state index is 12.3. The van der Waals surface area contributed by atoms with Crippen LogP contribution in [0.15, 0.2) is 24.3 Å². The Morgan fingerprint density at radius 2 is 1.96 bits per heavy atom. The summed E-state index contributed by atoms with van der Waals surface area (Å²) in [7, 11) is 0. The van der Waals surface area contributed by atoms with E-state index < -0.39 is 6.04 Å². The molecule has 0 saturated heterocycles. The van der Waals surface area contributed by atoms with Gasteiger partial charge in [0.15, 0.2) is 0 Å². The molecular formula is C16H18ClN3O2S. The van der Waals surface area contributed by atoms with E-state index in [1.54, 1.807) is 26.0 Å². The molecule has 0 radical (unpaired) electrons.